The van der Waals surface area contributed by atoms with E-state index >= 15 is 0 Å². The van der Waals surface area contributed by atoms with Gasteiger partial charge >= 0.3 is 0 Å². The van der Waals surface area contributed by atoms with Crippen molar-refractivity contribution in [3.05, 3.63) is 41.4 Å². The van der Waals surface area contributed by atoms with E-state index in [0.29, 0.717) is 37.1 Å². The summed E-state index contributed by atoms with van der Waals surface area (Å²) in [6, 6.07) is 9.03. The molecule has 218 valence electrons. The molecule has 3 aromatic rings. The van der Waals surface area contributed by atoms with E-state index in [2.05, 4.69) is 20.4 Å². The standard InChI is InChI=1S/C24H30ClN5O8S2/c1-26-39(32,33)19-4-2-3-18(11-19)36-15-17(31)13-27-16-12-24(37-14-16)7-9-30(10-8-24)40(34,35)23-20(25)5-6-21-22(23)29-38-28-21/h2-6,11,16-17,26-27,31H,7-10,12-15H2,1H3/t16?,17-/m0/s1. The van der Waals surface area contributed by atoms with E-state index in [1.54, 1.807) is 18.2 Å². The van der Waals surface area contributed by atoms with Crippen molar-refractivity contribution >= 4 is 42.7 Å². The number of aliphatic hydroxyl groups excluding tert-OH is 1. The fourth-order valence-electron chi connectivity index (χ4n) is 5.04. The van der Waals surface area contributed by atoms with Crippen LogP contribution in [-0.4, -0.2) is 94.2 Å². The average molecular weight is 616 g/mol. The van der Waals surface area contributed by atoms with Crippen molar-refractivity contribution in [1.29, 1.82) is 0 Å². The van der Waals surface area contributed by atoms with Gasteiger partial charge in [0.05, 0.1) is 22.1 Å². The summed E-state index contributed by atoms with van der Waals surface area (Å²) in [6.07, 6.45) is 0.841. The van der Waals surface area contributed by atoms with Gasteiger partial charge in [0.2, 0.25) is 20.0 Å². The highest BCUT2D eigenvalue weighted by Crippen LogP contribution is 2.39. The number of piperidine rings is 1. The largest absolute Gasteiger partial charge is 0.491 e. The molecule has 5 rings (SSSR count). The van der Waals surface area contributed by atoms with Crippen LogP contribution in [0, 0.1) is 0 Å². The summed E-state index contributed by atoms with van der Waals surface area (Å²) in [5.74, 6) is 0.331. The summed E-state index contributed by atoms with van der Waals surface area (Å²) in [7, 11) is -6.20. The van der Waals surface area contributed by atoms with Crippen molar-refractivity contribution in [2.24, 2.45) is 0 Å². The van der Waals surface area contributed by atoms with Crippen LogP contribution in [0.25, 0.3) is 11.0 Å². The second-order valence-corrected chi connectivity index (χ2v) is 14.0. The third-order valence-electron chi connectivity index (χ3n) is 7.24. The minimum atomic E-state index is -3.93. The molecule has 0 radical (unpaired) electrons. The van der Waals surface area contributed by atoms with E-state index in [0.717, 1.165) is 0 Å². The Hall–Kier alpha value is -2.37. The lowest BCUT2D eigenvalue weighted by atomic mass is 9.88. The molecule has 0 amide bonds. The number of hydrogen-bond acceptors (Lipinski definition) is 11. The Kier molecular flexibility index (Phi) is 8.37. The maximum Gasteiger partial charge on any atom is 0.246 e. The Bertz CT molecular complexity index is 1570. The first-order chi connectivity index (χ1) is 19.0. The Morgan fingerprint density at radius 1 is 1.20 bits per heavy atom. The molecule has 2 aromatic carbocycles. The van der Waals surface area contributed by atoms with Gasteiger partial charge in [0.1, 0.15) is 28.9 Å². The lowest BCUT2D eigenvalue weighted by molar-refractivity contribution is -0.0312. The van der Waals surface area contributed by atoms with Crippen LogP contribution in [0.5, 0.6) is 5.75 Å². The Morgan fingerprint density at radius 3 is 2.73 bits per heavy atom. The third-order valence-corrected chi connectivity index (χ3v) is 11.1. The summed E-state index contributed by atoms with van der Waals surface area (Å²) in [5, 5.41) is 21.2. The van der Waals surface area contributed by atoms with Crippen LogP contribution >= 0.6 is 11.6 Å². The van der Waals surface area contributed by atoms with Crippen molar-refractivity contribution < 1.29 is 36.0 Å². The van der Waals surface area contributed by atoms with Gasteiger partial charge in [-0.2, -0.15) is 4.31 Å². The van der Waals surface area contributed by atoms with Gasteiger partial charge in [-0.1, -0.05) is 17.7 Å². The molecule has 0 bridgehead atoms. The molecular formula is C24H30ClN5O8S2. The van der Waals surface area contributed by atoms with Crippen LogP contribution in [0.15, 0.2) is 50.8 Å². The number of sulfonamides is 2. The quantitative estimate of drug-likeness (QED) is 0.298. The molecule has 2 aliphatic rings. The fraction of sp³-hybridized carbons (Fsp3) is 0.500. The molecule has 1 spiro atoms. The fourth-order valence-corrected chi connectivity index (χ4v) is 7.87. The monoisotopic (exact) mass is 615 g/mol. The summed E-state index contributed by atoms with van der Waals surface area (Å²) < 4.78 is 70.8. The Labute approximate surface area is 236 Å². The number of aliphatic hydroxyl groups is 1. The number of aromatic nitrogens is 2. The molecule has 3 N–H and O–H groups in total. The van der Waals surface area contributed by atoms with Gasteiger partial charge in [-0.3, -0.25) is 0 Å². The molecule has 2 saturated heterocycles. The topological polar surface area (TPSA) is 173 Å². The van der Waals surface area contributed by atoms with Gasteiger partial charge in [-0.15, -0.1) is 0 Å². The molecule has 1 aromatic heterocycles. The molecule has 0 aliphatic carbocycles. The zero-order chi connectivity index (χ0) is 28.5. The maximum atomic E-state index is 13.4. The van der Waals surface area contributed by atoms with Crippen molar-refractivity contribution in [2.75, 3.05) is 39.9 Å². The number of rotatable bonds is 10. The second kappa shape index (κ2) is 11.5. The van der Waals surface area contributed by atoms with Crippen molar-refractivity contribution in [3.63, 3.8) is 0 Å². The highest BCUT2D eigenvalue weighted by molar-refractivity contribution is 7.89. The number of ether oxygens (including phenoxy) is 2. The average Bonchev–Trinajstić information content (AvgIpc) is 3.58. The zero-order valence-electron chi connectivity index (χ0n) is 21.6. The van der Waals surface area contributed by atoms with Crippen molar-refractivity contribution in [3.8, 4) is 5.75 Å². The number of nitrogens with one attached hydrogen (secondary N) is 2. The normalized spacial score (nSPS) is 20.7. The number of nitrogens with zero attached hydrogens (tertiary/aromatic N) is 3. The van der Waals surface area contributed by atoms with Crippen LogP contribution in [0.3, 0.4) is 0 Å². The molecule has 3 heterocycles. The summed E-state index contributed by atoms with van der Waals surface area (Å²) in [4.78, 5) is -0.0370. The van der Waals surface area contributed by atoms with Crippen molar-refractivity contribution in [2.45, 2.75) is 46.8 Å². The van der Waals surface area contributed by atoms with E-state index in [-0.39, 0.29) is 52.6 Å². The van der Waals surface area contributed by atoms with Crippen LogP contribution in [0.4, 0.5) is 0 Å². The van der Waals surface area contributed by atoms with Gasteiger partial charge < -0.3 is 19.9 Å². The molecule has 2 aliphatic heterocycles. The summed E-state index contributed by atoms with van der Waals surface area (Å²) in [5.41, 5.74) is -0.0462. The predicted molar refractivity (Wildman–Crippen MR) is 144 cm³/mol. The summed E-state index contributed by atoms with van der Waals surface area (Å²) >= 11 is 6.25. The minimum absolute atomic E-state index is 0.0219. The highest BCUT2D eigenvalue weighted by Gasteiger charge is 2.45. The lowest BCUT2D eigenvalue weighted by Gasteiger charge is -2.38. The van der Waals surface area contributed by atoms with E-state index < -0.39 is 31.8 Å². The third kappa shape index (κ3) is 5.97. The molecule has 40 heavy (non-hydrogen) atoms. The Morgan fingerprint density at radius 2 is 1.98 bits per heavy atom. The number of halogens is 1. The molecule has 1 unspecified atom stereocenters. The Balaban J connectivity index is 1.11. The SMILES string of the molecule is CNS(=O)(=O)c1cccc(OC[C@@H](O)CNC2COC3(CCN(S(=O)(=O)c4c(Cl)ccc5nonc45)CC3)C2)c1. The molecule has 2 atom stereocenters. The smallest absolute Gasteiger partial charge is 0.246 e. The highest BCUT2D eigenvalue weighted by atomic mass is 35.5. The summed E-state index contributed by atoms with van der Waals surface area (Å²) in [6.45, 7) is 1.16. The number of benzene rings is 2. The second-order valence-electron chi connectivity index (χ2n) is 9.86. The van der Waals surface area contributed by atoms with Gasteiger partial charge in [-0.25, -0.2) is 26.2 Å². The first-order valence-corrected chi connectivity index (χ1v) is 16.0. The lowest BCUT2D eigenvalue weighted by Crippen LogP contribution is -2.47. The minimum Gasteiger partial charge on any atom is -0.491 e. The molecule has 2 fully saturated rings. The van der Waals surface area contributed by atoms with Gasteiger partial charge in [0, 0.05) is 31.7 Å². The predicted octanol–water partition coefficient (Wildman–Crippen LogP) is 1.13. The number of hydrogen-bond donors (Lipinski definition) is 3. The first-order valence-electron chi connectivity index (χ1n) is 12.7. The van der Waals surface area contributed by atoms with Crippen molar-refractivity contribution in [1.82, 2.24) is 24.7 Å². The molecule has 16 heteroatoms. The van der Waals surface area contributed by atoms with Gasteiger partial charge in [-0.05, 0) is 60.9 Å². The molecule has 13 nitrogen and oxygen atoms in total. The van der Waals surface area contributed by atoms with Gasteiger partial charge in [0.15, 0.2) is 5.52 Å². The van der Waals surface area contributed by atoms with E-state index in [1.807, 2.05) is 0 Å². The van der Waals surface area contributed by atoms with E-state index in [4.69, 9.17) is 25.7 Å². The van der Waals surface area contributed by atoms with E-state index in [9.17, 15) is 21.9 Å². The van der Waals surface area contributed by atoms with Crippen LogP contribution in [0.2, 0.25) is 5.02 Å². The zero-order valence-corrected chi connectivity index (χ0v) is 24.0. The number of fused-ring (bicyclic) bond motifs is 1. The molecule has 0 saturated carbocycles. The molecular weight excluding hydrogens is 586 g/mol. The van der Waals surface area contributed by atoms with Gasteiger partial charge in [0.25, 0.3) is 0 Å². The first kappa shape index (κ1) is 29.1. The van der Waals surface area contributed by atoms with E-state index in [1.165, 1.54) is 29.6 Å². The van der Waals surface area contributed by atoms with Crippen LogP contribution in [-0.2, 0) is 24.8 Å². The maximum absolute atomic E-state index is 13.4. The van der Waals surface area contributed by atoms with Crippen LogP contribution < -0.4 is 14.8 Å². The van der Waals surface area contributed by atoms with Crippen LogP contribution in [0.1, 0.15) is 19.3 Å².